The quantitative estimate of drug-likeness (QED) is 0.917. The van der Waals surface area contributed by atoms with Crippen LogP contribution in [0.5, 0.6) is 0 Å². The van der Waals surface area contributed by atoms with Crippen molar-refractivity contribution in [3.8, 4) is 0 Å². The molecule has 2 aromatic rings. The number of nitrogens with zero attached hydrogens (tertiary/aromatic N) is 2. The van der Waals surface area contributed by atoms with Crippen LogP contribution in [0.25, 0.3) is 10.2 Å². The molecule has 2 rings (SSSR count). The minimum absolute atomic E-state index is 0.0308. The van der Waals surface area contributed by atoms with Gasteiger partial charge in [0.25, 0.3) is 0 Å². The van der Waals surface area contributed by atoms with Gasteiger partial charge in [-0.2, -0.15) is 0 Å². The molecule has 0 aliphatic heterocycles. The van der Waals surface area contributed by atoms with Crippen molar-refractivity contribution in [2.45, 2.75) is 25.9 Å². The Hall–Kier alpha value is -1.46. The van der Waals surface area contributed by atoms with Gasteiger partial charge >= 0.3 is 0 Å². The van der Waals surface area contributed by atoms with Gasteiger partial charge in [-0.3, -0.25) is 4.79 Å². The van der Waals surface area contributed by atoms with Crippen molar-refractivity contribution >= 4 is 27.5 Å². The number of hydrogen-bond acceptors (Lipinski definition) is 4. The van der Waals surface area contributed by atoms with Crippen LogP contribution < -0.4 is 5.73 Å². The van der Waals surface area contributed by atoms with E-state index in [-0.39, 0.29) is 5.91 Å². The van der Waals surface area contributed by atoms with Gasteiger partial charge in [-0.05, 0) is 18.6 Å². The molecule has 1 amide bonds. The molecule has 4 nitrogen and oxygen atoms in total. The average molecular weight is 263 g/mol. The number of aromatic nitrogens is 1. The first-order valence-corrected chi connectivity index (χ1v) is 6.78. The topological polar surface area (TPSA) is 59.2 Å². The normalized spacial score (nSPS) is 12.6. The Balaban J connectivity index is 2.11. The lowest BCUT2D eigenvalue weighted by Gasteiger charge is -2.19. The molecule has 1 atom stereocenters. The number of fused-ring (bicyclic) bond motifs is 1. The van der Waals surface area contributed by atoms with Crippen LogP contribution in [0, 0.1) is 0 Å². The smallest absolute Gasteiger partial charge is 0.239 e. The fourth-order valence-corrected chi connectivity index (χ4v) is 2.75. The fourth-order valence-electron chi connectivity index (χ4n) is 1.73. The Bertz CT molecular complexity index is 519. The van der Waals surface area contributed by atoms with Gasteiger partial charge < -0.3 is 10.6 Å². The van der Waals surface area contributed by atoms with Crippen molar-refractivity contribution in [3.63, 3.8) is 0 Å². The van der Waals surface area contributed by atoms with Gasteiger partial charge in [0.1, 0.15) is 5.01 Å². The molecule has 0 fully saturated rings. The van der Waals surface area contributed by atoms with Crippen molar-refractivity contribution < 1.29 is 4.79 Å². The zero-order chi connectivity index (χ0) is 13.1. The van der Waals surface area contributed by atoms with Crippen molar-refractivity contribution in [2.24, 2.45) is 5.73 Å². The molecule has 1 aromatic carbocycles. The van der Waals surface area contributed by atoms with Crippen LogP contribution in [0.1, 0.15) is 18.4 Å². The predicted molar refractivity (Wildman–Crippen MR) is 74.4 cm³/mol. The minimum atomic E-state index is -0.413. The van der Waals surface area contributed by atoms with E-state index in [1.807, 2.05) is 31.2 Å². The van der Waals surface area contributed by atoms with E-state index in [2.05, 4.69) is 4.98 Å². The number of thiazole rings is 1. The maximum atomic E-state index is 11.9. The molecule has 5 heteroatoms. The number of amides is 1. The molecule has 1 aromatic heterocycles. The SMILES string of the molecule is CCC(N)C(=O)N(C)Cc1nc2ccccc2s1. The number of carbonyl (C=O) groups is 1. The van der Waals surface area contributed by atoms with Gasteiger partial charge in [0, 0.05) is 7.05 Å². The molecule has 0 radical (unpaired) electrons. The van der Waals surface area contributed by atoms with E-state index in [0.717, 1.165) is 15.2 Å². The molecule has 18 heavy (non-hydrogen) atoms. The van der Waals surface area contributed by atoms with Crippen LogP contribution in [0.15, 0.2) is 24.3 Å². The number of likely N-dealkylation sites (N-methyl/N-ethyl adjacent to an activating group) is 1. The van der Waals surface area contributed by atoms with Crippen LogP contribution in [0.2, 0.25) is 0 Å². The first-order valence-electron chi connectivity index (χ1n) is 5.96. The second-order valence-corrected chi connectivity index (χ2v) is 5.40. The van der Waals surface area contributed by atoms with Gasteiger partial charge in [0.2, 0.25) is 5.91 Å². The summed E-state index contributed by atoms with van der Waals surface area (Å²) in [5.74, 6) is -0.0308. The van der Waals surface area contributed by atoms with Gasteiger partial charge in [-0.1, -0.05) is 19.1 Å². The summed E-state index contributed by atoms with van der Waals surface area (Å²) in [4.78, 5) is 18.0. The number of rotatable bonds is 4. The first-order chi connectivity index (χ1) is 8.61. The monoisotopic (exact) mass is 263 g/mol. The second-order valence-electron chi connectivity index (χ2n) is 4.28. The number of benzene rings is 1. The summed E-state index contributed by atoms with van der Waals surface area (Å²) in [6.45, 7) is 2.43. The predicted octanol–water partition coefficient (Wildman–Crippen LogP) is 1.99. The van der Waals surface area contributed by atoms with Crippen molar-refractivity contribution in [2.75, 3.05) is 7.05 Å². The molecule has 0 saturated heterocycles. The molecule has 2 N–H and O–H groups in total. The highest BCUT2D eigenvalue weighted by Crippen LogP contribution is 2.22. The van der Waals surface area contributed by atoms with Crippen LogP contribution in [0.4, 0.5) is 0 Å². The molecule has 0 bridgehead atoms. The van der Waals surface area contributed by atoms with Crippen LogP contribution in [-0.4, -0.2) is 28.9 Å². The molecular formula is C13H17N3OS. The Kier molecular flexibility index (Phi) is 3.93. The average Bonchev–Trinajstić information content (AvgIpc) is 2.78. The van der Waals surface area contributed by atoms with E-state index in [0.29, 0.717) is 13.0 Å². The van der Waals surface area contributed by atoms with Crippen LogP contribution >= 0.6 is 11.3 Å². The number of hydrogen-bond donors (Lipinski definition) is 1. The lowest BCUT2D eigenvalue weighted by Crippen LogP contribution is -2.40. The van der Waals surface area contributed by atoms with E-state index in [9.17, 15) is 4.79 Å². The highest BCUT2D eigenvalue weighted by Gasteiger charge is 2.17. The van der Waals surface area contributed by atoms with E-state index in [1.165, 1.54) is 0 Å². The highest BCUT2D eigenvalue weighted by molar-refractivity contribution is 7.18. The lowest BCUT2D eigenvalue weighted by molar-refractivity contribution is -0.131. The van der Waals surface area contributed by atoms with Crippen molar-refractivity contribution in [1.82, 2.24) is 9.88 Å². The number of nitrogens with two attached hydrogens (primary N) is 1. The molecule has 1 heterocycles. The Morgan fingerprint density at radius 2 is 2.22 bits per heavy atom. The molecule has 96 valence electrons. The Morgan fingerprint density at radius 1 is 1.50 bits per heavy atom. The highest BCUT2D eigenvalue weighted by atomic mass is 32.1. The summed E-state index contributed by atoms with van der Waals surface area (Å²) >= 11 is 1.62. The molecule has 0 aliphatic carbocycles. The third-order valence-electron chi connectivity index (χ3n) is 2.84. The van der Waals surface area contributed by atoms with Gasteiger partial charge in [0.05, 0.1) is 22.8 Å². The van der Waals surface area contributed by atoms with E-state index in [1.54, 1.807) is 23.3 Å². The number of para-hydroxylation sites is 1. The largest absolute Gasteiger partial charge is 0.338 e. The maximum absolute atomic E-state index is 11.9. The fraction of sp³-hybridized carbons (Fsp3) is 0.385. The third kappa shape index (κ3) is 2.68. The summed E-state index contributed by atoms with van der Waals surface area (Å²) in [5, 5.41) is 0.940. The van der Waals surface area contributed by atoms with Crippen LogP contribution in [-0.2, 0) is 11.3 Å². The Morgan fingerprint density at radius 3 is 2.89 bits per heavy atom. The summed E-state index contributed by atoms with van der Waals surface area (Å²) in [5.41, 5.74) is 6.72. The van der Waals surface area contributed by atoms with E-state index < -0.39 is 6.04 Å². The van der Waals surface area contributed by atoms with Gasteiger partial charge in [-0.25, -0.2) is 4.98 Å². The first kappa shape index (κ1) is 13.0. The van der Waals surface area contributed by atoms with Crippen molar-refractivity contribution in [3.05, 3.63) is 29.3 Å². The number of carbonyl (C=O) groups excluding carboxylic acids is 1. The summed E-state index contributed by atoms with van der Waals surface area (Å²) in [7, 11) is 1.77. The van der Waals surface area contributed by atoms with E-state index >= 15 is 0 Å². The Labute approximate surface area is 110 Å². The lowest BCUT2D eigenvalue weighted by atomic mass is 10.2. The van der Waals surface area contributed by atoms with Gasteiger partial charge in [0.15, 0.2) is 0 Å². The molecular weight excluding hydrogens is 246 g/mol. The van der Waals surface area contributed by atoms with Gasteiger partial charge in [-0.15, -0.1) is 11.3 Å². The third-order valence-corrected chi connectivity index (χ3v) is 3.87. The zero-order valence-corrected chi connectivity index (χ0v) is 11.4. The van der Waals surface area contributed by atoms with E-state index in [4.69, 9.17) is 5.73 Å². The molecule has 0 saturated carbocycles. The second kappa shape index (κ2) is 5.46. The summed E-state index contributed by atoms with van der Waals surface area (Å²) in [6, 6.07) is 7.56. The van der Waals surface area contributed by atoms with Crippen LogP contribution in [0.3, 0.4) is 0 Å². The zero-order valence-electron chi connectivity index (χ0n) is 10.6. The molecule has 0 aliphatic rings. The van der Waals surface area contributed by atoms with Crippen molar-refractivity contribution in [1.29, 1.82) is 0 Å². The minimum Gasteiger partial charge on any atom is -0.338 e. The maximum Gasteiger partial charge on any atom is 0.239 e. The summed E-state index contributed by atoms with van der Waals surface area (Å²) < 4.78 is 1.15. The summed E-state index contributed by atoms with van der Waals surface area (Å²) in [6.07, 6.45) is 0.656. The standard InChI is InChI=1S/C13H17N3OS/c1-3-9(14)13(17)16(2)8-12-15-10-6-4-5-7-11(10)18-12/h4-7,9H,3,8,14H2,1-2H3. The molecule has 1 unspecified atom stereocenters. The molecule has 0 spiro atoms.